The highest BCUT2D eigenvalue weighted by atomic mass is 16.6. The molecule has 0 aliphatic carbocycles. The van der Waals surface area contributed by atoms with Gasteiger partial charge in [-0.3, -0.25) is 10.1 Å². The molecule has 0 aromatic heterocycles. The lowest BCUT2D eigenvalue weighted by molar-refractivity contribution is -0.385. The minimum Gasteiger partial charge on any atom is -0.317 e. The third-order valence-corrected chi connectivity index (χ3v) is 3.28. The van der Waals surface area contributed by atoms with Crippen molar-refractivity contribution in [2.45, 2.75) is 39.2 Å². The monoisotopic (exact) mass is 236 g/mol. The first-order valence-electron chi connectivity index (χ1n) is 5.93. The molecule has 0 saturated heterocycles. The SMILES string of the molecule is CCC(c1ccc(C)cc1[N+](=O)[O-])C(C)NC. The zero-order chi connectivity index (χ0) is 13.0. The van der Waals surface area contributed by atoms with E-state index in [1.54, 1.807) is 6.07 Å². The van der Waals surface area contributed by atoms with E-state index in [1.165, 1.54) is 0 Å². The fraction of sp³-hybridized carbons (Fsp3) is 0.538. The van der Waals surface area contributed by atoms with Crippen molar-refractivity contribution in [1.29, 1.82) is 0 Å². The van der Waals surface area contributed by atoms with Gasteiger partial charge in [0.25, 0.3) is 5.69 Å². The average molecular weight is 236 g/mol. The van der Waals surface area contributed by atoms with Crippen molar-refractivity contribution >= 4 is 5.69 Å². The van der Waals surface area contributed by atoms with E-state index in [0.29, 0.717) is 0 Å². The normalized spacial score (nSPS) is 14.4. The van der Waals surface area contributed by atoms with Gasteiger partial charge in [0.15, 0.2) is 0 Å². The van der Waals surface area contributed by atoms with Crippen molar-refractivity contribution < 1.29 is 4.92 Å². The highest BCUT2D eigenvalue weighted by Gasteiger charge is 2.24. The predicted octanol–water partition coefficient (Wildman–Crippen LogP) is 3.00. The van der Waals surface area contributed by atoms with Crippen molar-refractivity contribution in [2.24, 2.45) is 0 Å². The number of nitro benzene ring substituents is 1. The molecular formula is C13H20N2O2. The lowest BCUT2D eigenvalue weighted by atomic mass is 9.88. The second-order valence-electron chi connectivity index (χ2n) is 4.41. The number of rotatable bonds is 5. The van der Waals surface area contributed by atoms with E-state index in [-0.39, 0.29) is 22.6 Å². The Morgan fingerprint density at radius 1 is 1.47 bits per heavy atom. The second-order valence-corrected chi connectivity index (χ2v) is 4.41. The van der Waals surface area contributed by atoms with Gasteiger partial charge in [-0.25, -0.2) is 0 Å². The summed E-state index contributed by atoms with van der Waals surface area (Å²) in [4.78, 5) is 10.8. The van der Waals surface area contributed by atoms with Crippen LogP contribution in [0.15, 0.2) is 18.2 Å². The summed E-state index contributed by atoms with van der Waals surface area (Å²) in [5.41, 5.74) is 1.98. The Morgan fingerprint density at radius 2 is 2.12 bits per heavy atom. The lowest BCUT2D eigenvalue weighted by Gasteiger charge is -2.22. The predicted molar refractivity (Wildman–Crippen MR) is 69.4 cm³/mol. The third-order valence-electron chi connectivity index (χ3n) is 3.28. The maximum Gasteiger partial charge on any atom is 0.273 e. The van der Waals surface area contributed by atoms with E-state index in [0.717, 1.165) is 17.5 Å². The number of nitro groups is 1. The van der Waals surface area contributed by atoms with Crippen LogP contribution in [-0.4, -0.2) is 18.0 Å². The Kier molecular flexibility index (Phi) is 4.63. The van der Waals surface area contributed by atoms with Crippen molar-refractivity contribution in [3.8, 4) is 0 Å². The number of likely N-dealkylation sites (N-methyl/N-ethyl adjacent to an activating group) is 1. The van der Waals surface area contributed by atoms with Gasteiger partial charge in [-0.2, -0.15) is 0 Å². The molecule has 2 unspecified atom stereocenters. The van der Waals surface area contributed by atoms with Gasteiger partial charge < -0.3 is 5.32 Å². The van der Waals surface area contributed by atoms with E-state index < -0.39 is 0 Å². The number of hydrogen-bond acceptors (Lipinski definition) is 3. The molecule has 4 heteroatoms. The molecule has 1 N–H and O–H groups in total. The Labute approximate surface area is 102 Å². The van der Waals surface area contributed by atoms with Crippen molar-refractivity contribution in [3.05, 3.63) is 39.4 Å². The summed E-state index contributed by atoms with van der Waals surface area (Å²) in [7, 11) is 1.88. The molecule has 0 aliphatic rings. The van der Waals surface area contributed by atoms with Crippen LogP contribution in [0.25, 0.3) is 0 Å². The number of nitrogens with zero attached hydrogens (tertiary/aromatic N) is 1. The molecule has 0 radical (unpaired) electrons. The molecule has 0 amide bonds. The van der Waals surface area contributed by atoms with E-state index in [2.05, 4.69) is 19.2 Å². The molecular weight excluding hydrogens is 216 g/mol. The quantitative estimate of drug-likeness (QED) is 0.631. The van der Waals surface area contributed by atoms with E-state index >= 15 is 0 Å². The average Bonchev–Trinajstić information content (AvgIpc) is 2.31. The summed E-state index contributed by atoms with van der Waals surface area (Å²) >= 11 is 0. The highest BCUT2D eigenvalue weighted by molar-refractivity contribution is 5.45. The second kappa shape index (κ2) is 5.77. The lowest BCUT2D eigenvalue weighted by Crippen LogP contribution is -2.29. The molecule has 0 bridgehead atoms. The molecule has 17 heavy (non-hydrogen) atoms. The van der Waals surface area contributed by atoms with Crippen molar-refractivity contribution in [2.75, 3.05) is 7.05 Å². The van der Waals surface area contributed by atoms with Gasteiger partial charge in [0.1, 0.15) is 0 Å². The van der Waals surface area contributed by atoms with Crippen LogP contribution in [-0.2, 0) is 0 Å². The number of nitrogens with one attached hydrogen (secondary N) is 1. The van der Waals surface area contributed by atoms with Gasteiger partial charge in [-0.15, -0.1) is 0 Å². The maximum atomic E-state index is 11.1. The molecule has 0 aliphatic heterocycles. The van der Waals surface area contributed by atoms with E-state index in [9.17, 15) is 10.1 Å². The van der Waals surface area contributed by atoms with Crippen LogP contribution in [0, 0.1) is 17.0 Å². The zero-order valence-electron chi connectivity index (χ0n) is 10.9. The van der Waals surface area contributed by atoms with E-state index in [1.807, 2.05) is 26.1 Å². The van der Waals surface area contributed by atoms with E-state index in [4.69, 9.17) is 0 Å². The Morgan fingerprint density at radius 3 is 2.59 bits per heavy atom. The summed E-state index contributed by atoms with van der Waals surface area (Å²) in [6.45, 7) is 5.99. The molecule has 0 saturated carbocycles. The molecule has 94 valence electrons. The van der Waals surface area contributed by atoms with Crippen molar-refractivity contribution in [3.63, 3.8) is 0 Å². The van der Waals surface area contributed by atoms with Crippen LogP contribution in [0.3, 0.4) is 0 Å². The first kappa shape index (κ1) is 13.6. The van der Waals surface area contributed by atoms with Crippen LogP contribution < -0.4 is 5.32 Å². The minimum atomic E-state index is -0.284. The molecule has 2 atom stereocenters. The smallest absolute Gasteiger partial charge is 0.273 e. The molecule has 4 nitrogen and oxygen atoms in total. The van der Waals surface area contributed by atoms with Crippen LogP contribution >= 0.6 is 0 Å². The highest BCUT2D eigenvalue weighted by Crippen LogP contribution is 2.31. The van der Waals surface area contributed by atoms with Crippen LogP contribution in [0.2, 0.25) is 0 Å². The Hall–Kier alpha value is -1.42. The van der Waals surface area contributed by atoms with Gasteiger partial charge in [0.05, 0.1) is 4.92 Å². The van der Waals surface area contributed by atoms with Gasteiger partial charge in [0.2, 0.25) is 0 Å². The maximum absolute atomic E-state index is 11.1. The molecule has 0 heterocycles. The molecule has 1 rings (SSSR count). The largest absolute Gasteiger partial charge is 0.317 e. The molecule has 1 aromatic carbocycles. The summed E-state index contributed by atoms with van der Waals surface area (Å²) in [5, 5.41) is 14.3. The fourth-order valence-corrected chi connectivity index (χ4v) is 2.17. The van der Waals surface area contributed by atoms with Gasteiger partial charge in [-0.1, -0.05) is 19.1 Å². The standard InChI is InChI=1S/C13H20N2O2/c1-5-11(10(3)14-4)12-7-6-9(2)8-13(12)15(16)17/h6-8,10-11,14H,5H2,1-4H3. The van der Waals surface area contributed by atoms with Gasteiger partial charge in [-0.05, 0) is 32.9 Å². The zero-order valence-corrected chi connectivity index (χ0v) is 10.9. The fourth-order valence-electron chi connectivity index (χ4n) is 2.17. The van der Waals surface area contributed by atoms with Gasteiger partial charge >= 0.3 is 0 Å². The summed E-state index contributed by atoms with van der Waals surface area (Å²) < 4.78 is 0. The van der Waals surface area contributed by atoms with Crippen LogP contribution in [0.4, 0.5) is 5.69 Å². The Bertz CT molecular complexity index is 404. The van der Waals surface area contributed by atoms with Crippen molar-refractivity contribution in [1.82, 2.24) is 5.32 Å². The van der Waals surface area contributed by atoms with Crippen LogP contribution in [0.5, 0.6) is 0 Å². The summed E-state index contributed by atoms with van der Waals surface area (Å²) in [6.07, 6.45) is 0.881. The topological polar surface area (TPSA) is 55.2 Å². The third kappa shape index (κ3) is 3.03. The number of benzene rings is 1. The molecule has 1 aromatic rings. The van der Waals surface area contributed by atoms with Crippen LogP contribution in [0.1, 0.15) is 37.3 Å². The molecule has 0 fully saturated rings. The minimum absolute atomic E-state index is 0.168. The number of aryl methyl sites for hydroxylation is 1. The molecule has 0 spiro atoms. The van der Waals surface area contributed by atoms with Gasteiger partial charge in [0, 0.05) is 23.6 Å². The number of hydrogen-bond donors (Lipinski definition) is 1. The summed E-state index contributed by atoms with van der Waals surface area (Å²) in [5.74, 6) is 0.168. The Balaban J connectivity index is 3.23. The first-order chi connectivity index (χ1) is 8.01. The first-order valence-corrected chi connectivity index (χ1v) is 5.93. The summed E-state index contributed by atoms with van der Waals surface area (Å²) in [6, 6.07) is 5.70.